The minimum atomic E-state index is 0.509. The van der Waals surface area contributed by atoms with Crippen LogP contribution < -0.4 is 0 Å². The van der Waals surface area contributed by atoms with Crippen LogP contribution in [0.4, 0.5) is 0 Å². The normalized spacial score (nSPS) is 10.3. The van der Waals surface area contributed by atoms with Crippen molar-refractivity contribution < 1.29 is 0 Å². The minimum Gasteiger partial charge on any atom is -0.317 e. The molecule has 0 aliphatic heterocycles. The Morgan fingerprint density at radius 2 is 1.82 bits per heavy atom. The van der Waals surface area contributed by atoms with Crippen LogP contribution in [0.3, 0.4) is 0 Å². The fourth-order valence-corrected chi connectivity index (χ4v) is 2.19. The lowest BCUT2D eigenvalue weighted by molar-refractivity contribution is 0.964. The predicted molar refractivity (Wildman–Crippen MR) is 70.0 cm³/mol. The number of rotatable bonds is 1. The Kier molecular flexibility index (Phi) is 3.15. The van der Waals surface area contributed by atoms with Crippen molar-refractivity contribution in [2.45, 2.75) is 13.8 Å². The van der Waals surface area contributed by atoms with E-state index in [0.717, 1.165) is 17.1 Å². The van der Waals surface area contributed by atoms with E-state index in [9.17, 15) is 0 Å². The van der Waals surface area contributed by atoms with E-state index >= 15 is 0 Å². The van der Waals surface area contributed by atoms with Crippen molar-refractivity contribution in [2.75, 3.05) is 0 Å². The van der Waals surface area contributed by atoms with Gasteiger partial charge in [-0.1, -0.05) is 23.2 Å². The van der Waals surface area contributed by atoms with Gasteiger partial charge in [-0.2, -0.15) is 5.26 Å². The Balaban J connectivity index is 2.65. The molecule has 1 heterocycles. The molecule has 0 aliphatic carbocycles. The molecule has 0 spiro atoms. The molecule has 0 fully saturated rings. The maximum absolute atomic E-state index is 8.99. The molecule has 17 heavy (non-hydrogen) atoms. The van der Waals surface area contributed by atoms with Crippen molar-refractivity contribution in [3.8, 4) is 11.8 Å². The van der Waals surface area contributed by atoms with Crippen LogP contribution in [0.2, 0.25) is 10.0 Å². The van der Waals surface area contributed by atoms with E-state index in [1.807, 2.05) is 30.5 Å². The summed E-state index contributed by atoms with van der Waals surface area (Å²) in [6, 6.07) is 9.47. The number of hydrogen-bond acceptors (Lipinski definition) is 1. The SMILES string of the molecule is Cc1cc(C#N)c(C)n1-c1ccc(Cl)c(Cl)c1. The maximum atomic E-state index is 8.99. The number of nitriles is 1. The van der Waals surface area contributed by atoms with Crippen molar-refractivity contribution in [3.63, 3.8) is 0 Å². The van der Waals surface area contributed by atoms with Crippen LogP contribution >= 0.6 is 23.2 Å². The van der Waals surface area contributed by atoms with Gasteiger partial charge in [0.1, 0.15) is 6.07 Å². The summed E-state index contributed by atoms with van der Waals surface area (Å²) < 4.78 is 1.99. The molecule has 2 aromatic rings. The lowest BCUT2D eigenvalue weighted by atomic mass is 10.2. The van der Waals surface area contributed by atoms with Crippen LogP contribution in [0.15, 0.2) is 24.3 Å². The van der Waals surface area contributed by atoms with Crippen molar-refractivity contribution in [3.05, 3.63) is 51.3 Å². The molecule has 4 heteroatoms. The molecule has 2 rings (SSSR count). The van der Waals surface area contributed by atoms with Gasteiger partial charge in [-0.3, -0.25) is 0 Å². The molecule has 0 unspecified atom stereocenters. The molecule has 0 atom stereocenters. The molecule has 0 radical (unpaired) electrons. The smallest absolute Gasteiger partial charge is 0.101 e. The summed E-state index contributed by atoms with van der Waals surface area (Å²) in [6.45, 7) is 3.87. The predicted octanol–water partition coefficient (Wildman–Crippen LogP) is 4.27. The fraction of sp³-hybridized carbons (Fsp3) is 0.154. The van der Waals surface area contributed by atoms with Crippen LogP contribution in [-0.2, 0) is 0 Å². The highest BCUT2D eigenvalue weighted by Gasteiger charge is 2.11. The average Bonchev–Trinajstić information content (AvgIpc) is 2.58. The number of hydrogen-bond donors (Lipinski definition) is 0. The van der Waals surface area contributed by atoms with Crippen molar-refractivity contribution in [1.29, 1.82) is 5.26 Å². The second-order valence-electron chi connectivity index (χ2n) is 3.83. The molecule has 0 saturated carbocycles. The Morgan fingerprint density at radius 3 is 2.35 bits per heavy atom. The number of benzene rings is 1. The quantitative estimate of drug-likeness (QED) is 0.756. The molecular weight excluding hydrogens is 255 g/mol. The molecular formula is C13H10Cl2N2. The second kappa shape index (κ2) is 4.44. The topological polar surface area (TPSA) is 28.7 Å². The monoisotopic (exact) mass is 264 g/mol. The van der Waals surface area contributed by atoms with Crippen molar-refractivity contribution >= 4 is 23.2 Å². The molecule has 0 N–H and O–H groups in total. The van der Waals surface area contributed by atoms with Crippen LogP contribution in [0.1, 0.15) is 17.0 Å². The van der Waals surface area contributed by atoms with E-state index in [1.54, 1.807) is 12.1 Å². The van der Waals surface area contributed by atoms with Gasteiger partial charge in [0.25, 0.3) is 0 Å². The summed E-state index contributed by atoms with van der Waals surface area (Å²) in [5, 5.41) is 10.0. The molecule has 0 bridgehead atoms. The molecule has 86 valence electrons. The zero-order valence-electron chi connectivity index (χ0n) is 9.46. The van der Waals surface area contributed by atoms with E-state index in [0.29, 0.717) is 15.6 Å². The highest BCUT2D eigenvalue weighted by molar-refractivity contribution is 6.42. The summed E-state index contributed by atoms with van der Waals surface area (Å²) in [5.41, 5.74) is 3.49. The van der Waals surface area contributed by atoms with Gasteiger partial charge in [0.05, 0.1) is 15.6 Å². The van der Waals surface area contributed by atoms with Gasteiger partial charge in [-0.25, -0.2) is 0 Å². The summed E-state index contributed by atoms with van der Waals surface area (Å²) in [4.78, 5) is 0. The first-order valence-electron chi connectivity index (χ1n) is 5.09. The highest BCUT2D eigenvalue weighted by Crippen LogP contribution is 2.27. The van der Waals surface area contributed by atoms with Crippen LogP contribution in [0.5, 0.6) is 0 Å². The lowest BCUT2D eigenvalue weighted by Crippen LogP contribution is -1.99. The third-order valence-electron chi connectivity index (χ3n) is 2.71. The van der Waals surface area contributed by atoms with Crippen LogP contribution in [-0.4, -0.2) is 4.57 Å². The van der Waals surface area contributed by atoms with E-state index in [4.69, 9.17) is 28.5 Å². The van der Waals surface area contributed by atoms with Gasteiger partial charge in [0, 0.05) is 17.1 Å². The second-order valence-corrected chi connectivity index (χ2v) is 4.64. The van der Waals surface area contributed by atoms with E-state index in [1.165, 1.54) is 0 Å². The Morgan fingerprint density at radius 1 is 1.12 bits per heavy atom. The number of nitrogens with zero attached hydrogens (tertiary/aromatic N) is 2. The zero-order chi connectivity index (χ0) is 12.6. The Labute approximate surface area is 110 Å². The average molecular weight is 265 g/mol. The van der Waals surface area contributed by atoms with Gasteiger partial charge < -0.3 is 4.57 Å². The largest absolute Gasteiger partial charge is 0.317 e. The molecule has 1 aromatic heterocycles. The lowest BCUT2D eigenvalue weighted by Gasteiger charge is -2.10. The number of aryl methyl sites for hydroxylation is 1. The Bertz CT molecular complexity index is 621. The summed E-state index contributed by atoms with van der Waals surface area (Å²) in [6.07, 6.45) is 0. The van der Waals surface area contributed by atoms with E-state index in [2.05, 4.69) is 6.07 Å². The number of aromatic nitrogens is 1. The molecule has 0 saturated heterocycles. The van der Waals surface area contributed by atoms with Gasteiger partial charge in [-0.05, 0) is 38.1 Å². The maximum Gasteiger partial charge on any atom is 0.101 e. The molecule has 0 aliphatic rings. The van der Waals surface area contributed by atoms with Gasteiger partial charge in [0.2, 0.25) is 0 Å². The van der Waals surface area contributed by atoms with Gasteiger partial charge in [-0.15, -0.1) is 0 Å². The van der Waals surface area contributed by atoms with Crippen molar-refractivity contribution in [1.82, 2.24) is 4.57 Å². The summed E-state index contributed by atoms with van der Waals surface area (Å²) >= 11 is 11.9. The molecule has 0 amide bonds. The van der Waals surface area contributed by atoms with Crippen LogP contribution in [0, 0.1) is 25.2 Å². The van der Waals surface area contributed by atoms with Gasteiger partial charge in [0.15, 0.2) is 0 Å². The zero-order valence-corrected chi connectivity index (χ0v) is 11.0. The first-order valence-corrected chi connectivity index (χ1v) is 5.84. The third-order valence-corrected chi connectivity index (χ3v) is 3.45. The fourth-order valence-electron chi connectivity index (χ4n) is 1.90. The number of halogens is 2. The first kappa shape index (κ1) is 12.0. The van der Waals surface area contributed by atoms with E-state index < -0.39 is 0 Å². The van der Waals surface area contributed by atoms with Gasteiger partial charge >= 0.3 is 0 Å². The Hall–Kier alpha value is -1.43. The minimum absolute atomic E-state index is 0.509. The highest BCUT2D eigenvalue weighted by atomic mass is 35.5. The molecule has 1 aromatic carbocycles. The standard InChI is InChI=1S/C13H10Cl2N2/c1-8-5-10(7-16)9(2)17(8)11-3-4-12(14)13(15)6-11/h3-6H,1-2H3. The first-order chi connectivity index (χ1) is 8.04. The van der Waals surface area contributed by atoms with Crippen molar-refractivity contribution in [2.24, 2.45) is 0 Å². The summed E-state index contributed by atoms with van der Waals surface area (Å²) in [5.74, 6) is 0. The summed E-state index contributed by atoms with van der Waals surface area (Å²) in [7, 11) is 0. The van der Waals surface area contributed by atoms with E-state index in [-0.39, 0.29) is 0 Å². The molecule has 2 nitrogen and oxygen atoms in total. The third kappa shape index (κ3) is 2.04. The van der Waals surface area contributed by atoms with Crippen LogP contribution in [0.25, 0.3) is 5.69 Å².